The first kappa shape index (κ1) is 24.0. The molecule has 0 atom stereocenters. The van der Waals surface area contributed by atoms with Gasteiger partial charge in [0.25, 0.3) is 5.91 Å². The topological polar surface area (TPSA) is 68.2 Å². The molecule has 1 heterocycles. The van der Waals surface area contributed by atoms with Gasteiger partial charge in [0.1, 0.15) is 17.3 Å². The molecular weight excluding hydrogens is 390 g/mol. The molecule has 0 aliphatic rings. The van der Waals surface area contributed by atoms with Gasteiger partial charge in [-0.2, -0.15) is 5.10 Å². The number of ether oxygens (including phenoxy) is 1. The van der Waals surface area contributed by atoms with Crippen LogP contribution in [0.25, 0.3) is 11.3 Å². The van der Waals surface area contributed by atoms with E-state index in [4.69, 9.17) is 4.74 Å². The van der Waals surface area contributed by atoms with Crippen LogP contribution in [0.4, 0.5) is 8.78 Å². The maximum atomic E-state index is 14.3. The van der Waals surface area contributed by atoms with Gasteiger partial charge in [-0.25, -0.2) is 8.78 Å². The molecule has 1 amide bonds. The number of nitrogens with one attached hydrogen (secondary N) is 2. The summed E-state index contributed by atoms with van der Waals surface area (Å²) in [5.41, 5.74) is 0.119. The van der Waals surface area contributed by atoms with Gasteiger partial charge in [0.2, 0.25) is 0 Å². The molecule has 0 fully saturated rings. The molecule has 2 aromatic rings. The number of benzene rings is 1. The fourth-order valence-corrected chi connectivity index (χ4v) is 2.42. The molecule has 0 unspecified atom stereocenters. The average Bonchev–Trinajstić information content (AvgIpc) is 3.03. The van der Waals surface area contributed by atoms with Crippen molar-refractivity contribution in [3.8, 4) is 11.3 Å². The fourth-order valence-electron chi connectivity index (χ4n) is 2.42. The highest BCUT2D eigenvalue weighted by atomic mass is 35.5. The largest absolute Gasteiger partial charge is 0.383 e. The molecule has 0 saturated heterocycles. The van der Waals surface area contributed by atoms with E-state index in [0.717, 1.165) is 12.1 Å². The quantitative estimate of drug-likeness (QED) is 0.649. The summed E-state index contributed by atoms with van der Waals surface area (Å²) in [5, 5.41) is 10.3. The van der Waals surface area contributed by atoms with E-state index in [1.807, 2.05) is 20.8 Å². The van der Waals surface area contributed by atoms with Crippen LogP contribution < -0.4 is 10.6 Å². The van der Waals surface area contributed by atoms with Gasteiger partial charge in [-0.1, -0.05) is 0 Å². The van der Waals surface area contributed by atoms with Gasteiger partial charge < -0.3 is 15.4 Å². The van der Waals surface area contributed by atoms with Crippen LogP contribution >= 0.6 is 12.4 Å². The number of aromatic nitrogens is 2. The van der Waals surface area contributed by atoms with E-state index >= 15 is 0 Å². The number of methoxy groups -OCH3 is 1. The van der Waals surface area contributed by atoms with Crippen LogP contribution in [0.1, 0.15) is 31.1 Å². The van der Waals surface area contributed by atoms with Crippen LogP contribution in [0.5, 0.6) is 0 Å². The van der Waals surface area contributed by atoms with Gasteiger partial charge in [-0.15, -0.1) is 12.4 Å². The van der Waals surface area contributed by atoms with Crippen molar-refractivity contribution in [2.45, 2.75) is 26.3 Å². The number of rotatable bonds is 8. The molecule has 0 spiro atoms. The maximum Gasteiger partial charge on any atom is 0.255 e. The van der Waals surface area contributed by atoms with Gasteiger partial charge >= 0.3 is 0 Å². The van der Waals surface area contributed by atoms with Crippen molar-refractivity contribution in [2.75, 3.05) is 33.4 Å². The molecular formula is C19H27ClF2N4O2. The maximum absolute atomic E-state index is 14.3. The average molecular weight is 417 g/mol. The number of nitrogens with zero attached hydrogens (tertiary/aromatic N) is 2. The Kier molecular flexibility index (Phi) is 9.00. The number of amides is 1. The van der Waals surface area contributed by atoms with E-state index < -0.39 is 17.2 Å². The van der Waals surface area contributed by atoms with Crippen molar-refractivity contribution < 1.29 is 18.3 Å². The predicted molar refractivity (Wildman–Crippen MR) is 107 cm³/mol. The third-order valence-corrected chi connectivity index (χ3v) is 3.90. The van der Waals surface area contributed by atoms with Crippen molar-refractivity contribution >= 4 is 18.3 Å². The standard InChI is InChI=1S/C19H26F2N4O2.ClH/c1-19(2,3)25-12-15(18(26)23-8-7-22-9-10-27-4)17(24-25)14-6-5-13(20)11-16(14)21;/h5-6,11-12,22H,7-10H2,1-4H3,(H,23,26);1H. The normalized spacial score (nSPS) is 11.2. The third kappa shape index (κ3) is 6.25. The van der Waals surface area contributed by atoms with Crippen LogP contribution in [0, 0.1) is 11.6 Å². The highest BCUT2D eigenvalue weighted by Crippen LogP contribution is 2.28. The second-order valence-corrected chi connectivity index (χ2v) is 7.13. The van der Waals surface area contributed by atoms with E-state index in [9.17, 15) is 13.6 Å². The van der Waals surface area contributed by atoms with Crippen molar-refractivity contribution in [1.29, 1.82) is 0 Å². The van der Waals surface area contributed by atoms with Crippen LogP contribution in [-0.4, -0.2) is 49.0 Å². The summed E-state index contributed by atoms with van der Waals surface area (Å²) in [4.78, 5) is 12.6. The Morgan fingerprint density at radius 2 is 1.93 bits per heavy atom. The summed E-state index contributed by atoms with van der Waals surface area (Å²) < 4.78 is 34.1. The van der Waals surface area contributed by atoms with E-state index in [2.05, 4.69) is 15.7 Å². The molecule has 6 nitrogen and oxygen atoms in total. The Labute approximate surface area is 170 Å². The lowest BCUT2D eigenvalue weighted by molar-refractivity contribution is 0.0954. The Bertz CT molecular complexity index is 791. The van der Waals surface area contributed by atoms with Gasteiger partial charge in [-0.3, -0.25) is 9.48 Å². The third-order valence-electron chi connectivity index (χ3n) is 3.90. The molecule has 0 bridgehead atoms. The second kappa shape index (κ2) is 10.5. The summed E-state index contributed by atoms with van der Waals surface area (Å²) >= 11 is 0. The van der Waals surface area contributed by atoms with Crippen molar-refractivity contribution in [2.24, 2.45) is 0 Å². The summed E-state index contributed by atoms with van der Waals surface area (Å²) in [7, 11) is 1.62. The SMILES string of the molecule is COCCNCCNC(=O)c1cn(C(C)(C)C)nc1-c1ccc(F)cc1F.Cl. The zero-order chi connectivity index (χ0) is 20.0. The van der Waals surface area contributed by atoms with Crippen LogP contribution in [-0.2, 0) is 10.3 Å². The van der Waals surface area contributed by atoms with Crippen molar-refractivity contribution in [3.05, 3.63) is 41.6 Å². The predicted octanol–water partition coefficient (Wildman–Crippen LogP) is 2.97. The van der Waals surface area contributed by atoms with Crippen molar-refractivity contribution in [1.82, 2.24) is 20.4 Å². The molecule has 2 N–H and O–H groups in total. The molecule has 0 aliphatic heterocycles. The Balaban J connectivity index is 0.00000392. The summed E-state index contributed by atoms with van der Waals surface area (Å²) in [6.07, 6.45) is 1.59. The summed E-state index contributed by atoms with van der Waals surface area (Å²) in [6, 6.07) is 3.23. The van der Waals surface area contributed by atoms with Gasteiger partial charge in [-0.05, 0) is 32.9 Å². The fraction of sp³-hybridized carbons (Fsp3) is 0.474. The minimum absolute atomic E-state index is 0. The highest BCUT2D eigenvalue weighted by molar-refractivity contribution is 5.99. The summed E-state index contributed by atoms with van der Waals surface area (Å²) in [5.74, 6) is -1.80. The Morgan fingerprint density at radius 3 is 2.54 bits per heavy atom. The Morgan fingerprint density at radius 1 is 1.21 bits per heavy atom. The number of carbonyl (C=O) groups is 1. The first-order chi connectivity index (χ1) is 12.7. The molecule has 0 aliphatic carbocycles. The first-order valence-corrected chi connectivity index (χ1v) is 8.77. The minimum Gasteiger partial charge on any atom is -0.383 e. The molecule has 2 rings (SSSR count). The first-order valence-electron chi connectivity index (χ1n) is 8.77. The lowest BCUT2D eigenvalue weighted by Gasteiger charge is -2.18. The van der Waals surface area contributed by atoms with E-state index in [1.165, 1.54) is 6.07 Å². The number of halogens is 3. The zero-order valence-corrected chi connectivity index (χ0v) is 17.3. The highest BCUT2D eigenvalue weighted by Gasteiger charge is 2.24. The number of carbonyl (C=O) groups excluding carboxylic acids is 1. The zero-order valence-electron chi connectivity index (χ0n) is 16.5. The van der Waals surface area contributed by atoms with Crippen LogP contribution in [0.3, 0.4) is 0 Å². The smallest absolute Gasteiger partial charge is 0.255 e. The van der Waals surface area contributed by atoms with Crippen LogP contribution in [0.2, 0.25) is 0 Å². The molecule has 156 valence electrons. The summed E-state index contributed by atoms with van der Waals surface area (Å²) in [6.45, 7) is 8.00. The van der Waals surface area contributed by atoms with Crippen LogP contribution in [0.15, 0.2) is 24.4 Å². The van der Waals surface area contributed by atoms with E-state index in [1.54, 1.807) is 18.0 Å². The molecule has 1 aromatic carbocycles. The van der Waals surface area contributed by atoms with Gasteiger partial charge in [0.15, 0.2) is 0 Å². The lowest BCUT2D eigenvalue weighted by atomic mass is 10.1. The molecule has 0 saturated carbocycles. The molecule has 9 heteroatoms. The van der Waals surface area contributed by atoms with Gasteiger partial charge in [0, 0.05) is 44.6 Å². The monoisotopic (exact) mass is 416 g/mol. The molecule has 0 radical (unpaired) electrons. The molecule has 1 aromatic heterocycles. The molecule has 28 heavy (non-hydrogen) atoms. The number of hydrogen-bond donors (Lipinski definition) is 2. The Hall–Kier alpha value is -2.03. The van der Waals surface area contributed by atoms with E-state index in [-0.39, 0.29) is 35.1 Å². The lowest BCUT2D eigenvalue weighted by Crippen LogP contribution is -2.33. The van der Waals surface area contributed by atoms with Crippen molar-refractivity contribution in [3.63, 3.8) is 0 Å². The van der Waals surface area contributed by atoms with E-state index in [0.29, 0.717) is 26.2 Å². The van der Waals surface area contributed by atoms with Gasteiger partial charge in [0.05, 0.1) is 17.7 Å². The second-order valence-electron chi connectivity index (χ2n) is 7.13. The number of hydrogen-bond acceptors (Lipinski definition) is 4. The minimum atomic E-state index is -0.760.